The number of hydrogen-bond acceptors (Lipinski definition) is 3. The number of benzene rings is 1. The van der Waals surface area contributed by atoms with Gasteiger partial charge in [-0.25, -0.2) is 4.98 Å². The van der Waals surface area contributed by atoms with Crippen molar-refractivity contribution in [3.8, 4) is 5.88 Å². The van der Waals surface area contributed by atoms with Gasteiger partial charge in [-0.2, -0.15) is 0 Å². The van der Waals surface area contributed by atoms with Crippen molar-refractivity contribution in [1.82, 2.24) is 4.98 Å². The molecule has 0 aliphatic heterocycles. The monoisotopic (exact) mass is 257 g/mol. The largest absolute Gasteiger partial charge is 0.474 e. The van der Waals surface area contributed by atoms with Crippen molar-refractivity contribution in [2.24, 2.45) is 0 Å². The van der Waals surface area contributed by atoms with Crippen LogP contribution in [-0.4, -0.2) is 16.2 Å². The van der Waals surface area contributed by atoms with E-state index in [0.717, 1.165) is 23.6 Å². The van der Waals surface area contributed by atoms with Crippen LogP contribution in [0.4, 0.5) is 0 Å². The van der Waals surface area contributed by atoms with E-state index >= 15 is 0 Å². The van der Waals surface area contributed by atoms with Gasteiger partial charge in [-0.05, 0) is 43.2 Å². The number of hydrogen-bond donors (Lipinski definition) is 1. The highest BCUT2D eigenvalue weighted by molar-refractivity contribution is 5.87. The third-order valence-corrected chi connectivity index (χ3v) is 3.75. The molecule has 100 valence electrons. The van der Waals surface area contributed by atoms with Gasteiger partial charge in [0.15, 0.2) is 0 Å². The molecule has 1 N–H and O–H groups in total. The summed E-state index contributed by atoms with van der Waals surface area (Å²) in [5.74, 6) is 0.675. The topological polar surface area (TPSA) is 42.4 Å². The summed E-state index contributed by atoms with van der Waals surface area (Å²) >= 11 is 0. The standard InChI is InChI=1S/C16H19NO2/c18-11-13-10-12-6-4-5-9-15(12)16(17-13)19-14-7-2-1-3-8-14/h4-6,9-10,14,18H,1-3,7-8,11H2. The van der Waals surface area contributed by atoms with Crippen molar-refractivity contribution in [1.29, 1.82) is 0 Å². The number of rotatable bonds is 3. The van der Waals surface area contributed by atoms with E-state index in [0.29, 0.717) is 11.6 Å². The summed E-state index contributed by atoms with van der Waals surface area (Å²) in [5.41, 5.74) is 0.671. The average Bonchev–Trinajstić information content (AvgIpc) is 2.48. The van der Waals surface area contributed by atoms with Gasteiger partial charge in [0, 0.05) is 5.39 Å². The van der Waals surface area contributed by atoms with Gasteiger partial charge in [0.25, 0.3) is 0 Å². The maximum absolute atomic E-state index is 9.31. The molecule has 1 fully saturated rings. The van der Waals surface area contributed by atoms with Crippen LogP contribution in [0.2, 0.25) is 0 Å². The number of fused-ring (bicyclic) bond motifs is 1. The lowest BCUT2D eigenvalue weighted by molar-refractivity contribution is 0.150. The van der Waals surface area contributed by atoms with Crippen LogP contribution in [0.25, 0.3) is 10.8 Å². The summed E-state index contributed by atoms with van der Waals surface area (Å²) in [6.45, 7) is -0.0497. The van der Waals surface area contributed by atoms with Crippen molar-refractivity contribution < 1.29 is 9.84 Å². The van der Waals surface area contributed by atoms with Crippen LogP contribution in [0.15, 0.2) is 30.3 Å². The molecule has 0 spiro atoms. The van der Waals surface area contributed by atoms with Crippen molar-refractivity contribution in [3.05, 3.63) is 36.0 Å². The van der Waals surface area contributed by atoms with E-state index in [-0.39, 0.29) is 12.7 Å². The third kappa shape index (κ3) is 2.71. The van der Waals surface area contributed by atoms with Crippen LogP contribution in [-0.2, 0) is 6.61 Å². The molecule has 0 amide bonds. The van der Waals surface area contributed by atoms with Gasteiger partial charge in [0.2, 0.25) is 5.88 Å². The Morgan fingerprint density at radius 1 is 1.16 bits per heavy atom. The molecule has 3 heteroatoms. The highest BCUT2D eigenvalue weighted by Crippen LogP contribution is 2.28. The fourth-order valence-electron chi connectivity index (χ4n) is 2.73. The first-order chi connectivity index (χ1) is 9.36. The second-order valence-corrected chi connectivity index (χ2v) is 5.18. The van der Waals surface area contributed by atoms with Crippen LogP contribution in [0, 0.1) is 0 Å². The lowest BCUT2D eigenvalue weighted by Gasteiger charge is -2.23. The zero-order valence-corrected chi connectivity index (χ0v) is 11.0. The number of ether oxygens (including phenoxy) is 1. The lowest BCUT2D eigenvalue weighted by Crippen LogP contribution is -2.20. The van der Waals surface area contributed by atoms with Gasteiger partial charge in [-0.15, -0.1) is 0 Å². The number of aliphatic hydroxyl groups excluding tert-OH is 1. The van der Waals surface area contributed by atoms with Crippen LogP contribution in [0.3, 0.4) is 0 Å². The first-order valence-electron chi connectivity index (χ1n) is 7.03. The summed E-state index contributed by atoms with van der Waals surface area (Å²) in [7, 11) is 0. The van der Waals surface area contributed by atoms with Crippen LogP contribution >= 0.6 is 0 Å². The molecule has 1 aromatic carbocycles. The van der Waals surface area contributed by atoms with Crippen molar-refractivity contribution >= 4 is 10.8 Å². The van der Waals surface area contributed by atoms with E-state index in [1.165, 1.54) is 19.3 Å². The van der Waals surface area contributed by atoms with E-state index in [1.54, 1.807) is 0 Å². The second-order valence-electron chi connectivity index (χ2n) is 5.18. The Morgan fingerprint density at radius 3 is 2.74 bits per heavy atom. The van der Waals surface area contributed by atoms with E-state index in [2.05, 4.69) is 4.98 Å². The Morgan fingerprint density at radius 2 is 1.95 bits per heavy atom. The van der Waals surface area contributed by atoms with Crippen LogP contribution < -0.4 is 4.74 Å². The maximum atomic E-state index is 9.31. The first kappa shape index (κ1) is 12.4. The lowest BCUT2D eigenvalue weighted by atomic mass is 9.98. The average molecular weight is 257 g/mol. The molecule has 1 aliphatic rings. The van der Waals surface area contributed by atoms with Gasteiger partial charge < -0.3 is 9.84 Å². The van der Waals surface area contributed by atoms with E-state index in [4.69, 9.17) is 4.74 Å². The zero-order valence-electron chi connectivity index (χ0n) is 11.0. The molecule has 3 nitrogen and oxygen atoms in total. The smallest absolute Gasteiger partial charge is 0.221 e. The maximum Gasteiger partial charge on any atom is 0.221 e. The molecule has 0 saturated heterocycles. The van der Waals surface area contributed by atoms with Crippen LogP contribution in [0.1, 0.15) is 37.8 Å². The fraction of sp³-hybridized carbons (Fsp3) is 0.438. The summed E-state index contributed by atoms with van der Waals surface area (Å²) in [6.07, 6.45) is 6.28. The first-order valence-corrected chi connectivity index (χ1v) is 7.03. The molecule has 1 saturated carbocycles. The molecule has 0 radical (unpaired) electrons. The van der Waals surface area contributed by atoms with Gasteiger partial charge in [0.05, 0.1) is 12.3 Å². The minimum absolute atomic E-state index is 0.0497. The third-order valence-electron chi connectivity index (χ3n) is 3.75. The number of aromatic nitrogens is 1. The number of nitrogens with zero attached hydrogens (tertiary/aromatic N) is 1. The fourth-order valence-corrected chi connectivity index (χ4v) is 2.73. The van der Waals surface area contributed by atoms with Gasteiger partial charge >= 0.3 is 0 Å². The minimum Gasteiger partial charge on any atom is -0.474 e. The van der Waals surface area contributed by atoms with Crippen LogP contribution in [0.5, 0.6) is 5.88 Å². The Labute approximate surface area is 113 Å². The van der Waals surface area contributed by atoms with E-state index < -0.39 is 0 Å². The Bertz CT molecular complexity index is 562. The predicted octanol–water partition coefficient (Wildman–Crippen LogP) is 3.44. The van der Waals surface area contributed by atoms with Gasteiger partial charge in [-0.1, -0.05) is 24.6 Å². The van der Waals surface area contributed by atoms with Crippen molar-refractivity contribution in [2.75, 3.05) is 0 Å². The summed E-state index contributed by atoms with van der Waals surface area (Å²) in [6, 6.07) is 9.97. The highest BCUT2D eigenvalue weighted by atomic mass is 16.5. The summed E-state index contributed by atoms with van der Waals surface area (Å²) in [5, 5.41) is 11.4. The number of pyridine rings is 1. The van der Waals surface area contributed by atoms with E-state index in [1.807, 2.05) is 30.3 Å². The molecular formula is C16H19NO2. The molecule has 1 aliphatic carbocycles. The van der Waals surface area contributed by atoms with Crippen molar-refractivity contribution in [2.45, 2.75) is 44.8 Å². The molecule has 1 aromatic heterocycles. The molecule has 0 unspecified atom stereocenters. The Kier molecular flexibility index (Phi) is 3.65. The second kappa shape index (κ2) is 5.57. The van der Waals surface area contributed by atoms with Gasteiger partial charge in [0.1, 0.15) is 6.10 Å². The SMILES string of the molecule is OCc1cc2ccccc2c(OC2CCCCC2)n1. The highest BCUT2D eigenvalue weighted by Gasteiger charge is 2.17. The summed E-state index contributed by atoms with van der Waals surface area (Å²) < 4.78 is 6.09. The molecule has 19 heavy (non-hydrogen) atoms. The zero-order chi connectivity index (χ0) is 13.1. The normalized spacial score (nSPS) is 16.7. The molecular weight excluding hydrogens is 238 g/mol. The predicted molar refractivity (Wildman–Crippen MR) is 75.2 cm³/mol. The molecule has 3 rings (SSSR count). The molecule has 0 atom stereocenters. The summed E-state index contributed by atoms with van der Waals surface area (Å²) in [4.78, 5) is 4.44. The van der Waals surface area contributed by atoms with Gasteiger partial charge in [-0.3, -0.25) is 0 Å². The molecule has 0 bridgehead atoms. The molecule has 1 heterocycles. The minimum atomic E-state index is -0.0497. The van der Waals surface area contributed by atoms with E-state index in [9.17, 15) is 5.11 Å². The number of aliphatic hydroxyl groups is 1. The Hall–Kier alpha value is -1.61. The quantitative estimate of drug-likeness (QED) is 0.915. The molecule has 2 aromatic rings. The van der Waals surface area contributed by atoms with Crippen molar-refractivity contribution in [3.63, 3.8) is 0 Å². The Balaban J connectivity index is 1.95.